The average Bonchev–Trinajstić information content (AvgIpc) is 2.51. The van der Waals surface area contributed by atoms with Crippen LogP contribution in [0.25, 0.3) is 11.1 Å². The lowest BCUT2D eigenvalue weighted by Gasteiger charge is -2.05. The molecule has 1 aromatic heterocycles. The van der Waals surface area contributed by atoms with Gasteiger partial charge in [0, 0.05) is 28.2 Å². The summed E-state index contributed by atoms with van der Waals surface area (Å²) in [7, 11) is 0. The van der Waals surface area contributed by atoms with Crippen molar-refractivity contribution in [3.05, 3.63) is 77.5 Å². The third-order valence-corrected chi connectivity index (χ3v) is 3.44. The van der Waals surface area contributed by atoms with Crippen LogP contribution in [-0.4, -0.2) is 4.98 Å². The fourth-order valence-corrected chi connectivity index (χ4v) is 2.37. The van der Waals surface area contributed by atoms with Gasteiger partial charge in [0.05, 0.1) is 0 Å². The highest BCUT2D eigenvalue weighted by Crippen LogP contribution is 2.30. The molecule has 21 heavy (non-hydrogen) atoms. The van der Waals surface area contributed by atoms with Crippen LogP contribution in [0, 0.1) is 0 Å². The minimum atomic E-state index is 0.751. The quantitative estimate of drug-likeness (QED) is 0.646. The van der Waals surface area contributed by atoms with Gasteiger partial charge in [0.25, 0.3) is 0 Å². The van der Waals surface area contributed by atoms with Crippen molar-refractivity contribution in [1.29, 1.82) is 0 Å². The molecule has 0 amide bonds. The molecule has 0 bridgehead atoms. The largest absolute Gasteiger partial charge is 0.399 e. The summed E-state index contributed by atoms with van der Waals surface area (Å²) in [5.74, 6) is 0. The zero-order valence-electron chi connectivity index (χ0n) is 11.4. The van der Waals surface area contributed by atoms with Gasteiger partial charge in [-0.3, -0.25) is 4.98 Å². The lowest BCUT2D eigenvalue weighted by Crippen LogP contribution is -1.87. The number of nitrogens with zero attached hydrogens (tertiary/aromatic N) is 1. The van der Waals surface area contributed by atoms with Crippen molar-refractivity contribution >= 4 is 27.3 Å². The van der Waals surface area contributed by atoms with E-state index in [9.17, 15) is 0 Å². The van der Waals surface area contributed by atoms with Gasteiger partial charge in [-0.05, 0) is 47.5 Å². The third-order valence-electron chi connectivity index (χ3n) is 2.78. The second-order valence-corrected chi connectivity index (χ2v) is 5.24. The number of aromatic nitrogens is 1. The van der Waals surface area contributed by atoms with Crippen molar-refractivity contribution in [3.8, 4) is 11.1 Å². The lowest BCUT2D eigenvalue weighted by molar-refractivity contribution is 1.33. The van der Waals surface area contributed by atoms with Gasteiger partial charge in [0.1, 0.15) is 0 Å². The molecular weight excluding hydrogens is 326 g/mol. The zero-order chi connectivity index (χ0) is 15.1. The van der Waals surface area contributed by atoms with Crippen LogP contribution in [0.5, 0.6) is 0 Å². The first-order chi connectivity index (χ1) is 10.2. The summed E-state index contributed by atoms with van der Waals surface area (Å²) in [4.78, 5) is 3.78. The Morgan fingerprint density at radius 2 is 1.38 bits per heavy atom. The Kier molecular flexibility index (Phi) is 5.35. The maximum atomic E-state index is 5.68. The number of nitrogen functional groups attached to an aromatic ring is 2. The van der Waals surface area contributed by atoms with E-state index < -0.39 is 0 Å². The van der Waals surface area contributed by atoms with Crippen LogP contribution in [-0.2, 0) is 0 Å². The van der Waals surface area contributed by atoms with Crippen LogP contribution in [0.2, 0.25) is 0 Å². The van der Waals surface area contributed by atoms with Gasteiger partial charge in [-0.25, -0.2) is 0 Å². The molecule has 0 unspecified atom stereocenters. The van der Waals surface area contributed by atoms with Crippen LogP contribution in [0.3, 0.4) is 0 Å². The molecular formula is C17H16BrN3. The molecule has 1 heterocycles. The molecule has 3 nitrogen and oxygen atoms in total. The molecule has 0 saturated carbocycles. The van der Waals surface area contributed by atoms with E-state index in [2.05, 4.69) is 20.9 Å². The van der Waals surface area contributed by atoms with Crippen molar-refractivity contribution in [3.63, 3.8) is 0 Å². The molecule has 0 saturated heterocycles. The molecule has 0 fully saturated rings. The van der Waals surface area contributed by atoms with E-state index in [-0.39, 0.29) is 0 Å². The Bertz CT molecular complexity index is 655. The van der Waals surface area contributed by atoms with Crippen molar-refractivity contribution in [2.75, 3.05) is 11.5 Å². The standard InChI is InChI=1S/C12H11BrN2.C5H5N/c13-12-7-10(15)5-6-11(12)8-1-3-9(14)4-2-8;1-2-4-6-5-3-1/h1-7H,14-15H2;1-5H. The normalized spacial score (nSPS) is 9.57. The highest BCUT2D eigenvalue weighted by molar-refractivity contribution is 9.10. The number of hydrogen-bond donors (Lipinski definition) is 2. The van der Waals surface area contributed by atoms with Crippen LogP contribution >= 0.6 is 15.9 Å². The second-order valence-electron chi connectivity index (χ2n) is 4.39. The summed E-state index contributed by atoms with van der Waals surface area (Å²) >= 11 is 3.49. The Labute approximate surface area is 132 Å². The number of pyridine rings is 1. The fraction of sp³-hybridized carbons (Fsp3) is 0. The maximum absolute atomic E-state index is 5.68. The van der Waals surface area contributed by atoms with Crippen LogP contribution in [0.15, 0.2) is 77.5 Å². The molecule has 0 aliphatic heterocycles. The second kappa shape index (κ2) is 7.45. The van der Waals surface area contributed by atoms with Crippen LogP contribution in [0.4, 0.5) is 11.4 Å². The monoisotopic (exact) mass is 341 g/mol. The predicted octanol–water partition coefficient (Wildman–Crippen LogP) is 4.36. The molecule has 0 aliphatic rings. The first-order valence-electron chi connectivity index (χ1n) is 6.43. The van der Waals surface area contributed by atoms with Gasteiger partial charge in [0.15, 0.2) is 0 Å². The topological polar surface area (TPSA) is 64.9 Å². The number of anilines is 2. The van der Waals surface area contributed by atoms with Crippen LogP contribution in [0.1, 0.15) is 0 Å². The lowest BCUT2D eigenvalue weighted by atomic mass is 10.1. The van der Waals surface area contributed by atoms with Crippen LogP contribution < -0.4 is 11.5 Å². The van der Waals surface area contributed by atoms with Crippen molar-refractivity contribution < 1.29 is 0 Å². The van der Waals surface area contributed by atoms with Gasteiger partial charge < -0.3 is 11.5 Å². The van der Waals surface area contributed by atoms with E-state index in [1.165, 1.54) is 0 Å². The molecule has 106 valence electrons. The maximum Gasteiger partial charge on any atom is 0.0325 e. The zero-order valence-corrected chi connectivity index (χ0v) is 13.0. The Morgan fingerprint density at radius 1 is 0.762 bits per heavy atom. The number of halogens is 1. The van der Waals surface area contributed by atoms with Gasteiger partial charge in [-0.1, -0.05) is 40.2 Å². The Morgan fingerprint density at radius 3 is 1.86 bits per heavy atom. The molecule has 0 spiro atoms. The van der Waals surface area contributed by atoms with E-state index in [1.54, 1.807) is 12.4 Å². The fourth-order valence-electron chi connectivity index (χ4n) is 1.74. The van der Waals surface area contributed by atoms with Crippen molar-refractivity contribution in [2.24, 2.45) is 0 Å². The van der Waals surface area contributed by atoms with Gasteiger partial charge in [-0.2, -0.15) is 0 Å². The predicted molar refractivity (Wildman–Crippen MR) is 92.6 cm³/mol. The summed E-state index contributed by atoms with van der Waals surface area (Å²) in [6.45, 7) is 0. The van der Waals surface area contributed by atoms with E-state index in [0.29, 0.717) is 0 Å². The van der Waals surface area contributed by atoms with Gasteiger partial charge in [0.2, 0.25) is 0 Å². The molecule has 0 atom stereocenters. The van der Waals surface area contributed by atoms with Gasteiger partial charge in [-0.15, -0.1) is 0 Å². The van der Waals surface area contributed by atoms with E-state index in [4.69, 9.17) is 11.5 Å². The van der Waals surface area contributed by atoms with E-state index >= 15 is 0 Å². The minimum absolute atomic E-state index is 0.751. The molecule has 0 radical (unpaired) electrons. The molecule has 4 N–H and O–H groups in total. The summed E-state index contributed by atoms with van der Waals surface area (Å²) in [6.07, 6.45) is 3.50. The molecule has 2 aromatic carbocycles. The highest BCUT2D eigenvalue weighted by Gasteiger charge is 2.02. The van der Waals surface area contributed by atoms with Crippen molar-refractivity contribution in [1.82, 2.24) is 4.98 Å². The summed E-state index contributed by atoms with van der Waals surface area (Å²) in [6, 6.07) is 19.2. The minimum Gasteiger partial charge on any atom is -0.399 e. The third kappa shape index (κ3) is 4.61. The van der Waals surface area contributed by atoms with Gasteiger partial charge >= 0.3 is 0 Å². The molecule has 4 heteroatoms. The average molecular weight is 342 g/mol. The Balaban J connectivity index is 0.000000225. The summed E-state index contributed by atoms with van der Waals surface area (Å²) < 4.78 is 0.993. The van der Waals surface area contributed by atoms with E-state index in [1.807, 2.05) is 60.7 Å². The number of benzene rings is 2. The smallest absolute Gasteiger partial charge is 0.0325 e. The Hall–Kier alpha value is -2.33. The number of nitrogens with two attached hydrogens (primary N) is 2. The van der Waals surface area contributed by atoms with Crippen molar-refractivity contribution in [2.45, 2.75) is 0 Å². The summed E-state index contributed by atoms with van der Waals surface area (Å²) in [5, 5.41) is 0. The molecule has 0 aliphatic carbocycles. The molecule has 3 aromatic rings. The first kappa shape index (κ1) is 15.1. The first-order valence-corrected chi connectivity index (χ1v) is 7.22. The SMILES string of the molecule is Nc1ccc(-c2ccc(N)cc2Br)cc1.c1ccncc1. The summed E-state index contributed by atoms with van der Waals surface area (Å²) in [5.41, 5.74) is 15.1. The van der Waals surface area contributed by atoms with E-state index in [0.717, 1.165) is 27.0 Å². The highest BCUT2D eigenvalue weighted by atomic mass is 79.9. The number of hydrogen-bond acceptors (Lipinski definition) is 3. The molecule has 3 rings (SSSR count). The number of rotatable bonds is 1.